The van der Waals surface area contributed by atoms with Crippen molar-refractivity contribution in [2.75, 3.05) is 13.1 Å². The van der Waals surface area contributed by atoms with E-state index in [9.17, 15) is 4.79 Å². The van der Waals surface area contributed by atoms with E-state index >= 15 is 0 Å². The summed E-state index contributed by atoms with van der Waals surface area (Å²) in [5, 5.41) is 0. The van der Waals surface area contributed by atoms with E-state index in [0.717, 1.165) is 38.8 Å². The van der Waals surface area contributed by atoms with E-state index in [1.807, 2.05) is 13.8 Å². The van der Waals surface area contributed by atoms with Crippen LogP contribution in [-0.2, 0) is 9.47 Å². The highest BCUT2D eigenvalue weighted by Gasteiger charge is 2.31. The highest BCUT2D eigenvalue weighted by atomic mass is 16.7. The number of piperidine rings is 1. The predicted octanol–water partition coefficient (Wildman–Crippen LogP) is 3.69. The molecule has 1 heterocycles. The predicted molar refractivity (Wildman–Crippen MR) is 73.9 cm³/mol. The summed E-state index contributed by atoms with van der Waals surface area (Å²) < 4.78 is 11.5. The second-order valence-electron chi connectivity index (χ2n) is 6.19. The van der Waals surface area contributed by atoms with Crippen LogP contribution in [0.4, 0.5) is 4.79 Å². The molecule has 0 bridgehead atoms. The highest BCUT2D eigenvalue weighted by molar-refractivity contribution is 5.68. The van der Waals surface area contributed by atoms with Gasteiger partial charge in [-0.25, -0.2) is 4.79 Å². The van der Waals surface area contributed by atoms with Crippen LogP contribution in [-0.4, -0.2) is 36.0 Å². The van der Waals surface area contributed by atoms with Gasteiger partial charge in [0.1, 0.15) is 0 Å². The number of carbonyl (C=O) groups is 1. The second-order valence-corrected chi connectivity index (χ2v) is 6.19. The van der Waals surface area contributed by atoms with Gasteiger partial charge in [-0.3, -0.25) is 0 Å². The summed E-state index contributed by atoms with van der Waals surface area (Å²) in [6.07, 6.45) is 9.33. The van der Waals surface area contributed by atoms with Gasteiger partial charge < -0.3 is 14.4 Å². The van der Waals surface area contributed by atoms with Crippen LogP contribution in [0.25, 0.3) is 0 Å². The van der Waals surface area contributed by atoms with Crippen LogP contribution in [0.1, 0.15) is 65.2 Å². The molecular formula is C15H27NO3. The first-order chi connectivity index (χ1) is 9.07. The summed E-state index contributed by atoms with van der Waals surface area (Å²) in [5.74, 6) is -0.809. The maximum Gasteiger partial charge on any atom is 0.412 e. The molecule has 0 unspecified atom stereocenters. The van der Waals surface area contributed by atoms with E-state index in [1.54, 1.807) is 4.90 Å². The van der Waals surface area contributed by atoms with Crippen LogP contribution in [0.5, 0.6) is 0 Å². The summed E-state index contributed by atoms with van der Waals surface area (Å²) in [4.78, 5) is 13.9. The van der Waals surface area contributed by atoms with Crippen molar-refractivity contribution in [1.29, 1.82) is 0 Å². The molecule has 0 radical (unpaired) electrons. The summed E-state index contributed by atoms with van der Waals surface area (Å²) in [6.45, 7) is 5.34. The lowest BCUT2D eigenvalue weighted by Gasteiger charge is -2.35. The Morgan fingerprint density at radius 3 is 2.21 bits per heavy atom. The van der Waals surface area contributed by atoms with Crippen molar-refractivity contribution in [3.8, 4) is 0 Å². The van der Waals surface area contributed by atoms with Gasteiger partial charge in [0.05, 0.1) is 6.10 Å². The third kappa shape index (κ3) is 4.68. The van der Waals surface area contributed by atoms with E-state index in [0.29, 0.717) is 0 Å². The molecule has 0 aromatic heterocycles. The number of hydrogen-bond acceptors (Lipinski definition) is 3. The minimum absolute atomic E-state index is 0.222. The summed E-state index contributed by atoms with van der Waals surface area (Å²) in [5.41, 5.74) is 0. The van der Waals surface area contributed by atoms with Crippen LogP contribution in [0.3, 0.4) is 0 Å². The zero-order chi connectivity index (χ0) is 13.7. The Morgan fingerprint density at radius 1 is 1.00 bits per heavy atom. The molecule has 1 saturated heterocycles. The lowest BCUT2D eigenvalue weighted by atomic mass is 9.97. The topological polar surface area (TPSA) is 38.8 Å². The fraction of sp³-hybridized carbons (Fsp3) is 0.933. The monoisotopic (exact) mass is 269 g/mol. The summed E-state index contributed by atoms with van der Waals surface area (Å²) in [7, 11) is 0. The molecule has 110 valence electrons. The van der Waals surface area contributed by atoms with Crippen molar-refractivity contribution in [2.45, 2.75) is 77.1 Å². The molecule has 19 heavy (non-hydrogen) atoms. The largest absolute Gasteiger partial charge is 0.417 e. The molecule has 0 N–H and O–H groups in total. The zero-order valence-electron chi connectivity index (χ0n) is 12.3. The Kier molecular flexibility index (Phi) is 5.08. The van der Waals surface area contributed by atoms with Crippen LogP contribution in [0.2, 0.25) is 0 Å². The normalized spacial score (nSPS) is 22.3. The molecule has 1 amide bonds. The highest BCUT2D eigenvalue weighted by Crippen LogP contribution is 2.26. The molecule has 2 rings (SSSR count). The maximum atomic E-state index is 12.1. The number of likely N-dealkylation sites (tertiary alicyclic amines) is 1. The van der Waals surface area contributed by atoms with Gasteiger partial charge in [0.15, 0.2) is 0 Å². The van der Waals surface area contributed by atoms with E-state index < -0.39 is 5.79 Å². The first-order valence-corrected chi connectivity index (χ1v) is 7.72. The third-order valence-corrected chi connectivity index (χ3v) is 3.95. The average Bonchev–Trinajstić information content (AvgIpc) is 2.39. The van der Waals surface area contributed by atoms with Crippen molar-refractivity contribution in [3.05, 3.63) is 0 Å². The smallest absolute Gasteiger partial charge is 0.412 e. The lowest BCUT2D eigenvalue weighted by molar-refractivity contribution is -0.214. The van der Waals surface area contributed by atoms with Crippen LogP contribution < -0.4 is 0 Å². The number of amides is 1. The number of carbonyl (C=O) groups excluding carboxylic acids is 1. The van der Waals surface area contributed by atoms with Crippen molar-refractivity contribution >= 4 is 6.09 Å². The summed E-state index contributed by atoms with van der Waals surface area (Å²) in [6, 6.07) is 0. The summed E-state index contributed by atoms with van der Waals surface area (Å²) >= 11 is 0. The van der Waals surface area contributed by atoms with Gasteiger partial charge in [0.2, 0.25) is 5.79 Å². The fourth-order valence-corrected chi connectivity index (χ4v) is 2.96. The zero-order valence-corrected chi connectivity index (χ0v) is 12.3. The fourth-order valence-electron chi connectivity index (χ4n) is 2.96. The Hall–Kier alpha value is -0.770. The Morgan fingerprint density at radius 2 is 1.58 bits per heavy atom. The first-order valence-electron chi connectivity index (χ1n) is 7.72. The molecule has 1 saturated carbocycles. The van der Waals surface area contributed by atoms with Crippen LogP contribution >= 0.6 is 0 Å². The molecular weight excluding hydrogens is 242 g/mol. The van der Waals surface area contributed by atoms with Crippen molar-refractivity contribution < 1.29 is 14.3 Å². The standard InChI is InChI=1S/C15H27NO3/c1-15(2,18-13-9-5-3-6-10-13)19-14(17)16-11-7-4-8-12-16/h13H,3-12H2,1-2H3. The van der Waals surface area contributed by atoms with Gasteiger partial charge in [-0.15, -0.1) is 0 Å². The SMILES string of the molecule is CC(C)(OC(=O)N1CCCCC1)OC1CCCCC1. The molecule has 2 aliphatic rings. The van der Waals surface area contributed by atoms with E-state index in [1.165, 1.54) is 25.7 Å². The van der Waals surface area contributed by atoms with Gasteiger partial charge in [-0.1, -0.05) is 19.3 Å². The Bertz CT molecular complexity index is 292. The Balaban J connectivity index is 1.79. The second kappa shape index (κ2) is 6.60. The van der Waals surface area contributed by atoms with Gasteiger partial charge in [-0.2, -0.15) is 0 Å². The lowest BCUT2D eigenvalue weighted by Crippen LogP contribution is -2.43. The minimum Gasteiger partial charge on any atom is -0.417 e. The molecule has 0 aromatic carbocycles. The minimum atomic E-state index is -0.809. The van der Waals surface area contributed by atoms with E-state index in [2.05, 4.69) is 0 Å². The molecule has 4 heteroatoms. The van der Waals surface area contributed by atoms with Gasteiger partial charge >= 0.3 is 6.09 Å². The van der Waals surface area contributed by atoms with E-state index in [4.69, 9.17) is 9.47 Å². The third-order valence-electron chi connectivity index (χ3n) is 3.95. The van der Waals surface area contributed by atoms with Crippen LogP contribution in [0.15, 0.2) is 0 Å². The maximum absolute atomic E-state index is 12.1. The molecule has 0 aromatic rings. The van der Waals surface area contributed by atoms with E-state index in [-0.39, 0.29) is 12.2 Å². The van der Waals surface area contributed by atoms with Crippen molar-refractivity contribution in [3.63, 3.8) is 0 Å². The molecule has 0 atom stereocenters. The van der Waals surface area contributed by atoms with Gasteiger partial charge in [-0.05, 0) is 32.1 Å². The quantitative estimate of drug-likeness (QED) is 0.733. The van der Waals surface area contributed by atoms with Crippen molar-refractivity contribution in [2.24, 2.45) is 0 Å². The molecule has 1 aliphatic heterocycles. The van der Waals surface area contributed by atoms with Gasteiger partial charge in [0.25, 0.3) is 0 Å². The van der Waals surface area contributed by atoms with Crippen LogP contribution in [0, 0.1) is 0 Å². The molecule has 2 fully saturated rings. The molecule has 4 nitrogen and oxygen atoms in total. The number of nitrogens with zero attached hydrogens (tertiary/aromatic N) is 1. The number of rotatable bonds is 3. The average molecular weight is 269 g/mol. The number of ether oxygens (including phenoxy) is 2. The molecule has 0 spiro atoms. The van der Waals surface area contributed by atoms with Gasteiger partial charge in [0, 0.05) is 26.9 Å². The Labute approximate surface area is 116 Å². The molecule has 1 aliphatic carbocycles. The van der Waals surface area contributed by atoms with Crippen molar-refractivity contribution in [1.82, 2.24) is 4.90 Å². The first kappa shape index (κ1) is 14.6. The number of hydrogen-bond donors (Lipinski definition) is 0.